The number of hydrogen-bond acceptors (Lipinski definition) is 4. The van der Waals surface area contributed by atoms with Crippen LogP contribution in [0.1, 0.15) is 56.2 Å². The smallest absolute Gasteiger partial charge is 0.224 e. The fraction of sp³-hybridized carbons (Fsp3) is 0.640. The maximum atomic E-state index is 13.1. The first kappa shape index (κ1) is 21.6. The van der Waals surface area contributed by atoms with E-state index >= 15 is 0 Å². The molecular weight excluding hydrogens is 405 g/mol. The number of rotatable bonds is 7. The van der Waals surface area contributed by atoms with Crippen LogP contribution >= 0.6 is 0 Å². The first-order valence-corrected chi connectivity index (χ1v) is 12.3. The van der Waals surface area contributed by atoms with Crippen LogP contribution in [-0.2, 0) is 24.3 Å². The number of nitrogens with zero attached hydrogens (tertiary/aromatic N) is 4. The molecule has 0 spiro atoms. The van der Waals surface area contributed by atoms with Gasteiger partial charge in [-0.15, -0.1) is 5.10 Å². The van der Waals surface area contributed by atoms with Gasteiger partial charge in [-0.2, -0.15) is 0 Å². The van der Waals surface area contributed by atoms with E-state index in [1.165, 1.54) is 44.2 Å². The quantitative estimate of drug-likeness (QED) is 0.717. The molecule has 1 saturated carbocycles. The fourth-order valence-corrected chi connectivity index (χ4v) is 5.97. The van der Waals surface area contributed by atoms with Crippen molar-refractivity contribution in [1.82, 2.24) is 25.2 Å². The summed E-state index contributed by atoms with van der Waals surface area (Å²) in [7, 11) is 0. The van der Waals surface area contributed by atoms with E-state index < -0.39 is 0 Å². The van der Waals surface area contributed by atoms with Crippen LogP contribution in [-0.4, -0.2) is 44.9 Å². The molecule has 2 aromatic rings. The highest BCUT2D eigenvalue weighted by molar-refractivity contribution is 5.79. The number of aromatic nitrogens is 3. The van der Waals surface area contributed by atoms with Gasteiger partial charge in [0.2, 0.25) is 5.91 Å². The Bertz CT molecular complexity index is 907. The highest BCUT2D eigenvalue weighted by atomic mass is 19.1. The zero-order valence-electron chi connectivity index (χ0n) is 18.8. The molecule has 0 radical (unpaired) electrons. The maximum absolute atomic E-state index is 13.1. The standard InChI is InChI=1S/C25H34FN5O/c26-21-8-6-19(7-9-21)14-27-25(32)24-17-30-11-10-20(24)13-23(30)16-31-15-22(28-29-31)12-18-4-2-1-3-5-18/h6-9,15,18,20,23-24H,1-5,10-14,16-17H2,(H,27,32)/t20-,23-,24+/m1/s1. The third-order valence-corrected chi connectivity index (χ3v) is 7.80. The normalized spacial score (nSPS) is 28.0. The summed E-state index contributed by atoms with van der Waals surface area (Å²) in [5.74, 6) is 1.11. The highest BCUT2D eigenvalue weighted by Crippen LogP contribution is 2.37. The molecule has 1 N–H and O–H groups in total. The molecule has 6 rings (SSSR count). The van der Waals surface area contributed by atoms with Crippen molar-refractivity contribution in [3.05, 3.63) is 47.5 Å². The maximum Gasteiger partial charge on any atom is 0.224 e. The molecule has 1 aliphatic carbocycles. The lowest BCUT2D eigenvalue weighted by atomic mass is 9.75. The van der Waals surface area contributed by atoms with Crippen LogP contribution in [0.2, 0.25) is 0 Å². The van der Waals surface area contributed by atoms with Crippen molar-refractivity contribution in [2.24, 2.45) is 17.8 Å². The summed E-state index contributed by atoms with van der Waals surface area (Å²) in [5, 5.41) is 11.9. The summed E-state index contributed by atoms with van der Waals surface area (Å²) in [5.41, 5.74) is 2.06. The van der Waals surface area contributed by atoms with E-state index in [9.17, 15) is 9.18 Å². The number of amides is 1. The Hall–Kier alpha value is -2.28. The predicted octanol–water partition coefficient (Wildman–Crippen LogP) is 3.57. The second kappa shape index (κ2) is 9.69. The lowest BCUT2D eigenvalue weighted by molar-refractivity contribution is -0.133. The third-order valence-electron chi connectivity index (χ3n) is 7.80. The van der Waals surface area contributed by atoms with Crippen LogP contribution in [0.25, 0.3) is 0 Å². The Morgan fingerprint density at radius 1 is 1.12 bits per heavy atom. The first-order chi connectivity index (χ1) is 15.6. The summed E-state index contributed by atoms with van der Waals surface area (Å²) in [6, 6.07) is 6.75. The van der Waals surface area contributed by atoms with Gasteiger partial charge in [0.1, 0.15) is 5.82 Å². The Morgan fingerprint density at radius 3 is 2.69 bits per heavy atom. The molecule has 6 nitrogen and oxygen atoms in total. The second-order valence-electron chi connectivity index (χ2n) is 10.0. The minimum Gasteiger partial charge on any atom is -0.352 e. The van der Waals surface area contributed by atoms with Crippen LogP contribution in [0.4, 0.5) is 4.39 Å². The topological polar surface area (TPSA) is 63.1 Å². The Morgan fingerprint density at radius 2 is 1.94 bits per heavy atom. The van der Waals surface area contributed by atoms with Gasteiger partial charge in [-0.3, -0.25) is 14.4 Å². The zero-order valence-corrected chi connectivity index (χ0v) is 18.8. The molecule has 1 aromatic heterocycles. The fourth-order valence-electron chi connectivity index (χ4n) is 5.97. The van der Waals surface area contributed by atoms with Crippen molar-refractivity contribution < 1.29 is 9.18 Å². The predicted molar refractivity (Wildman–Crippen MR) is 120 cm³/mol. The van der Waals surface area contributed by atoms with Crippen molar-refractivity contribution in [3.63, 3.8) is 0 Å². The zero-order chi connectivity index (χ0) is 21.9. The molecule has 3 aliphatic heterocycles. The molecule has 4 heterocycles. The number of nitrogens with one attached hydrogen (secondary N) is 1. The average molecular weight is 440 g/mol. The molecule has 1 aromatic carbocycles. The second-order valence-corrected chi connectivity index (χ2v) is 10.0. The number of benzene rings is 1. The van der Waals surface area contributed by atoms with E-state index in [2.05, 4.69) is 26.7 Å². The molecule has 4 fully saturated rings. The van der Waals surface area contributed by atoms with Crippen molar-refractivity contribution in [3.8, 4) is 0 Å². The molecule has 4 atom stereocenters. The summed E-state index contributed by atoms with van der Waals surface area (Å²) in [6.45, 7) is 3.18. The molecule has 4 aliphatic rings. The van der Waals surface area contributed by atoms with Gasteiger partial charge in [0.05, 0.1) is 18.2 Å². The number of hydrogen-bond donors (Lipinski definition) is 1. The Balaban J connectivity index is 1.12. The van der Waals surface area contributed by atoms with E-state index in [1.54, 1.807) is 12.1 Å². The number of carbonyl (C=O) groups is 1. The number of carbonyl (C=O) groups excluding carboxylic acids is 1. The van der Waals surface area contributed by atoms with Crippen LogP contribution in [0.15, 0.2) is 30.5 Å². The third kappa shape index (κ3) is 5.03. The van der Waals surface area contributed by atoms with Crippen LogP contribution in [0.5, 0.6) is 0 Å². The van der Waals surface area contributed by atoms with Gasteiger partial charge in [-0.05, 0) is 55.3 Å². The molecule has 3 saturated heterocycles. The molecule has 2 bridgehead atoms. The van der Waals surface area contributed by atoms with Gasteiger partial charge in [0.15, 0.2) is 0 Å². The summed E-state index contributed by atoms with van der Waals surface area (Å²) in [4.78, 5) is 15.3. The molecule has 1 amide bonds. The minimum atomic E-state index is -0.253. The van der Waals surface area contributed by atoms with Crippen molar-refractivity contribution in [2.75, 3.05) is 13.1 Å². The SMILES string of the molecule is O=C(NCc1ccc(F)cc1)[C@H]1CN2CC[C@@H]1C[C@@H]2Cn1cc(CC2CCCCC2)nn1. The summed E-state index contributed by atoms with van der Waals surface area (Å²) < 4.78 is 15.1. The number of piperidine rings is 3. The molecule has 1 unspecified atom stereocenters. The lowest BCUT2D eigenvalue weighted by Gasteiger charge is -2.49. The monoisotopic (exact) mass is 439 g/mol. The van der Waals surface area contributed by atoms with E-state index in [1.807, 2.05) is 4.68 Å². The van der Waals surface area contributed by atoms with Crippen molar-refractivity contribution in [1.29, 1.82) is 0 Å². The van der Waals surface area contributed by atoms with Gasteiger partial charge in [0.25, 0.3) is 0 Å². The number of fused-ring (bicyclic) bond motifs is 3. The minimum absolute atomic E-state index is 0.0399. The molecule has 32 heavy (non-hydrogen) atoms. The van der Waals surface area contributed by atoms with Gasteiger partial charge < -0.3 is 5.32 Å². The largest absolute Gasteiger partial charge is 0.352 e. The lowest BCUT2D eigenvalue weighted by Crippen LogP contribution is -2.58. The first-order valence-electron chi connectivity index (χ1n) is 12.3. The van der Waals surface area contributed by atoms with Gasteiger partial charge in [0, 0.05) is 25.3 Å². The van der Waals surface area contributed by atoms with E-state index in [0.29, 0.717) is 18.5 Å². The average Bonchev–Trinajstić information content (AvgIpc) is 3.26. The van der Waals surface area contributed by atoms with E-state index in [4.69, 9.17) is 0 Å². The highest BCUT2D eigenvalue weighted by Gasteiger charge is 2.43. The summed E-state index contributed by atoms with van der Waals surface area (Å²) >= 11 is 0. The van der Waals surface area contributed by atoms with Gasteiger partial charge in [-0.1, -0.05) is 49.5 Å². The van der Waals surface area contributed by atoms with E-state index in [0.717, 1.165) is 56.1 Å². The molecule has 7 heteroatoms. The van der Waals surface area contributed by atoms with Gasteiger partial charge >= 0.3 is 0 Å². The Kier molecular flexibility index (Phi) is 6.53. The van der Waals surface area contributed by atoms with Gasteiger partial charge in [-0.25, -0.2) is 4.39 Å². The van der Waals surface area contributed by atoms with E-state index in [-0.39, 0.29) is 17.6 Å². The summed E-state index contributed by atoms with van der Waals surface area (Å²) in [6.07, 6.45) is 12.1. The van der Waals surface area contributed by atoms with Crippen LogP contribution in [0, 0.1) is 23.6 Å². The van der Waals surface area contributed by atoms with Crippen molar-refractivity contribution >= 4 is 5.91 Å². The molecule has 172 valence electrons. The Labute approximate surface area is 189 Å². The van der Waals surface area contributed by atoms with Crippen molar-refractivity contribution in [2.45, 2.75) is 70.5 Å². The van der Waals surface area contributed by atoms with Crippen LogP contribution in [0.3, 0.4) is 0 Å². The van der Waals surface area contributed by atoms with Crippen LogP contribution < -0.4 is 5.32 Å². The molecular formula is C25H34FN5O. The number of halogens is 1.